The number of hydrogen-bond acceptors (Lipinski definition) is 1. The Morgan fingerprint density at radius 1 is 0.778 bits per heavy atom. The monoisotopic (exact) mass is 365 g/mol. The summed E-state index contributed by atoms with van der Waals surface area (Å²) in [5.74, 6) is 0.0468. The summed E-state index contributed by atoms with van der Waals surface area (Å²) < 4.78 is 14.5. The van der Waals surface area contributed by atoms with Gasteiger partial charge in [-0.1, -0.05) is 60.7 Å². The second-order valence-corrected chi connectivity index (χ2v) is 6.86. The van der Waals surface area contributed by atoms with Crippen LogP contribution in [-0.2, 0) is 6.54 Å². The first kappa shape index (κ1) is 17.5. The molecule has 27 heavy (non-hydrogen) atoms. The molecule has 1 aromatic heterocycles. The Morgan fingerprint density at radius 2 is 1.52 bits per heavy atom. The average Bonchev–Trinajstić information content (AvgIpc) is 3.09. The normalized spacial score (nSPS) is 11.3. The van der Waals surface area contributed by atoms with Crippen molar-refractivity contribution in [3.8, 4) is 0 Å². The zero-order chi connectivity index (χ0) is 18.6. The van der Waals surface area contributed by atoms with Crippen LogP contribution in [0, 0.1) is 0 Å². The smallest absolute Gasteiger partial charge is 0.195 e. The van der Waals surface area contributed by atoms with E-state index >= 15 is 0 Å². The number of unbranched alkanes of at least 4 members (excludes halogenated alkanes) is 2. The standard InChI is InChI=1S/C24H22FNO/c25-15-6-1-7-16-26-17-22(20-12-4-5-14-23(20)26)24(27)21-13-8-10-18-9-2-3-11-19(18)21/h2-5,8-14,17H,1,6-7,15-16H2/i4+1,5+1,12+1,14+1,20+1,23+1. The molecule has 0 fully saturated rings. The maximum absolute atomic E-state index is 13.4. The molecule has 136 valence electrons. The van der Waals surface area contributed by atoms with E-state index in [-0.39, 0.29) is 12.5 Å². The molecule has 0 unspecified atom stereocenters. The molecule has 0 bridgehead atoms. The third-order valence-corrected chi connectivity index (χ3v) is 5.10. The summed E-state index contributed by atoms with van der Waals surface area (Å²) in [5, 5.41) is 3.02. The van der Waals surface area contributed by atoms with Crippen molar-refractivity contribution in [3.05, 3.63) is 84.1 Å². The van der Waals surface area contributed by atoms with Crippen LogP contribution in [0.2, 0.25) is 0 Å². The Bertz CT molecular complexity index is 1090. The fourth-order valence-electron chi connectivity index (χ4n) is 3.73. The number of ketones is 1. The van der Waals surface area contributed by atoms with Crippen molar-refractivity contribution < 1.29 is 9.18 Å². The number of carbonyl (C=O) groups excluding carboxylic acids is 1. The summed E-state index contributed by atoms with van der Waals surface area (Å²) in [6.45, 7) is 0.528. The van der Waals surface area contributed by atoms with Gasteiger partial charge in [-0.25, -0.2) is 0 Å². The van der Waals surface area contributed by atoms with Crippen LogP contribution < -0.4 is 0 Å². The number of benzene rings is 3. The van der Waals surface area contributed by atoms with Gasteiger partial charge in [0.15, 0.2) is 5.78 Å². The van der Waals surface area contributed by atoms with E-state index in [2.05, 4.69) is 4.57 Å². The first-order chi connectivity index (χ1) is 13.3. The van der Waals surface area contributed by atoms with Gasteiger partial charge < -0.3 is 4.57 Å². The van der Waals surface area contributed by atoms with Crippen LogP contribution in [0.1, 0.15) is 35.2 Å². The summed E-state index contributed by atoms with van der Waals surface area (Å²) in [6.07, 6.45) is 4.32. The van der Waals surface area contributed by atoms with E-state index in [9.17, 15) is 9.18 Å². The molecule has 4 aromatic rings. The molecule has 0 N–H and O–H groups in total. The minimum absolute atomic E-state index is 0.0468. The summed E-state index contributed by atoms with van der Waals surface area (Å²) in [7, 11) is 0. The predicted molar refractivity (Wildman–Crippen MR) is 109 cm³/mol. The van der Waals surface area contributed by atoms with Crippen LogP contribution >= 0.6 is 0 Å². The highest BCUT2D eigenvalue weighted by Gasteiger charge is 2.18. The number of carbonyl (C=O) groups is 1. The van der Waals surface area contributed by atoms with Gasteiger partial charge in [0, 0.05) is 34.8 Å². The predicted octanol–water partition coefficient (Wildman–Crippen LogP) is 6.17. The number of alkyl halides is 1. The minimum atomic E-state index is -0.267. The van der Waals surface area contributed by atoms with Gasteiger partial charge in [-0.2, -0.15) is 0 Å². The largest absolute Gasteiger partial charge is 0.347 e. The van der Waals surface area contributed by atoms with Gasteiger partial charge in [0.25, 0.3) is 0 Å². The van der Waals surface area contributed by atoms with E-state index in [1.165, 1.54) is 0 Å². The van der Waals surface area contributed by atoms with Gasteiger partial charge in [-0.05, 0) is 36.1 Å². The van der Waals surface area contributed by atoms with Crippen molar-refractivity contribution in [1.82, 2.24) is 4.57 Å². The van der Waals surface area contributed by atoms with Gasteiger partial charge >= 0.3 is 0 Å². The van der Waals surface area contributed by atoms with Gasteiger partial charge in [0.05, 0.1) is 6.67 Å². The Hall–Kier alpha value is -2.94. The minimum Gasteiger partial charge on any atom is -0.347 e. The van der Waals surface area contributed by atoms with Crippen molar-refractivity contribution in [2.75, 3.05) is 6.67 Å². The van der Waals surface area contributed by atoms with Crippen LogP contribution in [0.15, 0.2) is 72.9 Å². The van der Waals surface area contributed by atoms with Crippen LogP contribution in [0.3, 0.4) is 0 Å². The van der Waals surface area contributed by atoms with Gasteiger partial charge in [-0.3, -0.25) is 9.18 Å². The molecule has 0 aliphatic rings. The molecular weight excluding hydrogens is 343 g/mol. The molecule has 3 aromatic carbocycles. The number of nitrogens with zero attached hydrogens (tertiary/aromatic N) is 1. The average molecular weight is 365 g/mol. The lowest BCUT2D eigenvalue weighted by Gasteiger charge is -2.05. The fraction of sp³-hybridized carbons (Fsp3) is 0.208. The Labute approximate surface area is 158 Å². The van der Waals surface area contributed by atoms with Crippen LogP contribution in [0.4, 0.5) is 4.39 Å². The highest BCUT2D eigenvalue weighted by Crippen LogP contribution is 2.27. The Balaban J connectivity index is 1.75. The van der Waals surface area contributed by atoms with E-state index in [0.717, 1.165) is 52.2 Å². The number of hydrogen-bond donors (Lipinski definition) is 0. The van der Waals surface area contributed by atoms with Crippen molar-refractivity contribution in [2.24, 2.45) is 0 Å². The molecule has 2 nitrogen and oxygen atoms in total. The molecule has 0 radical (unpaired) electrons. The lowest BCUT2D eigenvalue weighted by atomic mass is 10.00. The van der Waals surface area contributed by atoms with Gasteiger partial charge in [-0.15, -0.1) is 0 Å². The maximum atomic E-state index is 13.4. The Morgan fingerprint density at radius 3 is 2.37 bits per heavy atom. The molecule has 0 saturated carbocycles. The second-order valence-electron chi connectivity index (χ2n) is 6.86. The van der Waals surface area contributed by atoms with Crippen molar-refractivity contribution in [3.63, 3.8) is 0 Å². The quantitative estimate of drug-likeness (QED) is 0.284. The van der Waals surface area contributed by atoms with Gasteiger partial charge in [0.1, 0.15) is 0 Å². The SMILES string of the molecule is O=C(c1cccc2ccccc12)c1cn(CCCCCF)[13c]2[13cH][13cH][13cH][13cH][13c]12. The third-order valence-electron chi connectivity index (χ3n) is 5.10. The molecule has 3 heteroatoms. The van der Waals surface area contributed by atoms with E-state index in [1.54, 1.807) is 0 Å². The van der Waals surface area contributed by atoms with E-state index < -0.39 is 0 Å². The number of para-hydroxylation sites is 1. The molecule has 1 heterocycles. The fourth-order valence-corrected chi connectivity index (χ4v) is 3.73. The molecule has 0 aliphatic heterocycles. The molecule has 0 aliphatic carbocycles. The van der Waals surface area contributed by atoms with E-state index in [0.29, 0.717) is 6.42 Å². The van der Waals surface area contributed by atoms with Crippen LogP contribution in [0.5, 0.6) is 0 Å². The second kappa shape index (κ2) is 7.75. The van der Waals surface area contributed by atoms with Crippen LogP contribution in [-0.4, -0.2) is 17.0 Å². The number of halogens is 1. The zero-order valence-corrected chi connectivity index (χ0v) is 15.2. The molecule has 0 saturated heterocycles. The molecule has 0 spiro atoms. The van der Waals surface area contributed by atoms with Gasteiger partial charge in [0.2, 0.25) is 0 Å². The highest BCUT2D eigenvalue weighted by atomic mass is 19.1. The topological polar surface area (TPSA) is 22.0 Å². The molecular formula is C24H22FNO. The maximum Gasteiger partial charge on any atom is 0.195 e. The number of aromatic nitrogens is 1. The summed E-state index contributed by atoms with van der Waals surface area (Å²) in [5.41, 5.74) is 2.52. The van der Waals surface area contributed by atoms with Crippen molar-refractivity contribution >= 4 is 27.5 Å². The lowest BCUT2D eigenvalue weighted by Crippen LogP contribution is -2.02. The summed E-state index contributed by atoms with van der Waals surface area (Å²) in [4.78, 5) is 13.4. The van der Waals surface area contributed by atoms with Crippen molar-refractivity contribution in [1.29, 1.82) is 0 Å². The molecule has 0 atom stereocenters. The Kier molecular flexibility index (Phi) is 5.01. The molecule has 0 amide bonds. The summed E-state index contributed by atoms with van der Waals surface area (Å²) in [6, 6.07) is 21.9. The first-order valence-electron chi connectivity index (χ1n) is 9.46. The highest BCUT2D eigenvalue weighted by molar-refractivity contribution is 6.21. The number of rotatable bonds is 7. The van der Waals surface area contributed by atoms with E-state index in [4.69, 9.17) is 0 Å². The van der Waals surface area contributed by atoms with Crippen molar-refractivity contribution in [2.45, 2.75) is 25.8 Å². The third kappa shape index (κ3) is 3.37. The lowest BCUT2D eigenvalue weighted by molar-refractivity contribution is 0.104. The summed E-state index contributed by atoms with van der Waals surface area (Å²) >= 11 is 0. The first-order valence-corrected chi connectivity index (χ1v) is 9.46. The van der Waals surface area contributed by atoms with Crippen LogP contribution in [0.25, 0.3) is 21.7 Å². The number of aryl methyl sites for hydroxylation is 1. The van der Waals surface area contributed by atoms with E-state index in [1.807, 2.05) is 72.9 Å². The molecule has 4 rings (SSSR count). The number of fused-ring (bicyclic) bond motifs is 2. The zero-order valence-electron chi connectivity index (χ0n) is 15.2.